The fourth-order valence-electron chi connectivity index (χ4n) is 1.47. The van der Waals surface area contributed by atoms with Gasteiger partial charge in [0.25, 0.3) is 0 Å². The van der Waals surface area contributed by atoms with Gasteiger partial charge in [0.15, 0.2) is 0 Å². The summed E-state index contributed by atoms with van der Waals surface area (Å²) >= 11 is 0. The van der Waals surface area contributed by atoms with Gasteiger partial charge < -0.3 is 5.11 Å². The Hall–Kier alpha value is 0.660. The van der Waals surface area contributed by atoms with Crippen LogP contribution in [-0.4, -0.2) is 23.2 Å². The minimum absolute atomic E-state index is 0.310. The Balaban J connectivity index is 3.08. The number of rotatable bonds is 11. The van der Waals surface area contributed by atoms with E-state index in [4.69, 9.17) is 5.11 Å². The van der Waals surface area contributed by atoms with Gasteiger partial charge in [-0.15, -0.1) is 0 Å². The van der Waals surface area contributed by atoms with Crippen LogP contribution < -0.4 is 0 Å². The molecule has 1 unspecified atom stereocenters. The maximum Gasteiger partial charge on any atom is 0.0530 e. The van der Waals surface area contributed by atoms with Crippen LogP contribution in [0.25, 0.3) is 0 Å². The molecule has 0 radical (unpaired) electrons. The van der Waals surface area contributed by atoms with Crippen LogP contribution >= 0.6 is 21.6 Å². The number of aliphatic hydroxyl groups is 1. The molecule has 1 N–H and O–H groups in total. The number of hydrogen-bond donors (Lipinski definition) is 1. The highest BCUT2D eigenvalue weighted by atomic mass is 33.1. The third-order valence-electron chi connectivity index (χ3n) is 2.50. The Kier molecular flexibility index (Phi) is 13.3. The largest absolute Gasteiger partial charge is 0.395 e. The molecular formula is C12H26OS2. The van der Waals surface area contributed by atoms with E-state index >= 15 is 0 Å². The van der Waals surface area contributed by atoms with Crippen LogP contribution in [0.5, 0.6) is 0 Å². The van der Waals surface area contributed by atoms with Gasteiger partial charge in [-0.2, -0.15) is 0 Å². The molecule has 0 aromatic rings. The van der Waals surface area contributed by atoms with Gasteiger partial charge in [-0.25, -0.2) is 0 Å². The molecule has 0 heterocycles. The van der Waals surface area contributed by atoms with Crippen molar-refractivity contribution in [3.8, 4) is 0 Å². The summed E-state index contributed by atoms with van der Waals surface area (Å²) in [5.74, 6) is 2.99. The second-order valence-corrected chi connectivity index (χ2v) is 6.81. The topological polar surface area (TPSA) is 20.2 Å². The van der Waals surface area contributed by atoms with Crippen molar-refractivity contribution in [3.63, 3.8) is 0 Å². The lowest BCUT2D eigenvalue weighted by Gasteiger charge is -2.10. The van der Waals surface area contributed by atoms with Crippen LogP contribution in [0.1, 0.15) is 52.4 Å². The van der Waals surface area contributed by atoms with Crippen molar-refractivity contribution in [3.05, 3.63) is 0 Å². The third-order valence-corrected chi connectivity index (χ3v) is 4.92. The lowest BCUT2D eigenvalue weighted by Crippen LogP contribution is -1.96. The molecule has 92 valence electrons. The van der Waals surface area contributed by atoms with Crippen molar-refractivity contribution in [2.75, 3.05) is 18.1 Å². The predicted octanol–water partition coefficient (Wildman–Crippen LogP) is 4.36. The number of hydrogen-bond acceptors (Lipinski definition) is 3. The maximum atomic E-state index is 8.61. The zero-order valence-electron chi connectivity index (χ0n) is 10.2. The first kappa shape index (κ1) is 15.7. The molecule has 0 fully saturated rings. The second kappa shape index (κ2) is 12.7. The smallest absolute Gasteiger partial charge is 0.0530 e. The molecule has 0 aromatic heterocycles. The van der Waals surface area contributed by atoms with Gasteiger partial charge in [-0.05, 0) is 12.3 Å². The van der Waals surface area contributed by atoms with Crippen LogP contribution in [-0.2, 0) is 0 Å². The molecule has 1 atom stereocenters. The van der Waals surface area contributed by atoms with E-state index in [0.29, 0.717) is 6.61 Å². The van der Waals surface area contributed by atoms with Gasteiger partial charge >= 0.3 is 0 Å². The van der Waals surface area contributed by atoms with Gasteiger partial charge in [0.1, 0.15) is 0 Å². The van der Waals surface area contributed by atoms with Crippen LogP contribution in [0.15, 0.2) is 0 Å². The van der Waals surface area contributed by atoms with E-state index in [1.807, 2.05) is 10.8 Å². The highest BCUT2D eigenvalue weighted by Gasteiger charge is 2.01. The van der Waals surface area contributed by atoms with E-state index < -0.39 is 0 Å². The lowest BCUT2D eigenvalue weighted by molar-refractivity contribution is 0.323. The molecule has 0 saturated heterocycles. The molecule has 1 nitrogen and oxygen atoms in total. The van der Waals surface area contributed by atoms with Crippen LogP contribution in [0.2, 0.25) is 0 Å². The first-order valence-electron chi connectivity index (χ1n) is 6.16. The Morgan fingerprint density at radius 3 is 2.40 bits per heavy atom. The normalized spacial score (nSPS) is 13.0. The molecule has 0 saturated carbocycles. The van der Waals surface area contributed by atoms with Gasteiger partial charge in [-0.1, -0.05) is 67.5 Å². The Bertz CT molecular complexity index is 120. The monoisotopic (exact) mass is 250 g/mol. The average Bonchev–Trinajstić information content (AvgIpc) is 2.24. The van der Waals surface area contributed by atoms with Crippen molar-refractivity contribution < 1.29 is 5.11 Å². The summed E-state index contributed by atoms with van der Waals surface area (Å²) < 4.78 is 0. The molecular weight excluding hydrogens is 224 g/mol. The zero-order chi connectivity index (χ0) is 11.4. The maximum absolute atomic E-state index is 8.61. The molecule has 0 amide bonds. The SMILES string of the molecule is CCCCCCC(C)CCSSCCO. The molecule has 0 aromatic carbocycles. The minimum atomic E-state index is 0.310. The molecule has 0 rings (SSSR count). The summed E-state index contributed by atoms with van der Waals surface area (Å²) in [6, 6.07) is 0. The van der Waals surface area contributed by atoms with Crippen molar-refractivity contribution in [2.45, 2.75) is 52.4 Å². The summed E-state index contributed by atoms with van der Waals surface area (Å²) in [5.41, 5.74) is 0. The molecule has 0 bridgehead atoms. The molecule has 3 heteroatoms. The van der Waals surface area contributed by atoms with Crippen molar-refractivity contribution in [1.29, 1.82) is 0 Å². The fourth-order valence-corrected chi connectivity index (χ4v) is 3.50. The first-order chi connectivity index (χ1) is 7.31. The summed E-state index contributed by atoms with van der Waals surface area (Å²) in [5, 5.41) is 8.61. The minimum Gasteiger partial charge on any atom is -0.395 e. The van der Waals surface area contributed by atoms with E-state index in [2.05, 4.69) is 13.8 Å². The van der Waals surface area contributed by atoms with Crippen molar-refractivity contribution in [2.24, 2.45) is 5.92 Å². The van der Waals surface area contributed by atoms with E-state index in [0.717, 1.165) is 11.7 Å². The van der Waals surface area contributed by atoms with E-state index in [1.54, 1.807) is 10.8 Å². The van der Waals surface area contributed by atoms with Crippen molar-refractivity contribution in [1.82, 2.24) is 0 Å². The summed E-state index contributed by atoms with van der Waals surface area (Å²) in [6.07, 6.45) is 8.27. The quantitative estimate of drug-likeness (QED) is 0.435. The first-order valence-corrected chi connectivity index (χ1v) is 8.65. The van der Waals surface area contributed by atoms with E-state index in [1.165, 1.54) is 44.3 Å². The van der Waals surface area contributed by atoms with Crippen LogP contribution in [0.4, 0.5) is 0 Å². The second-order valence-electron chi connectivity index (χ2n) is 4.11. The Morgan fingerprint density at radius 2 is 1.73 bits per heavy atom. The Labute approximate surface area is 103 Å². The van der Waals surface area contributed by atoms with Crippen LogP contribution in [0, 0.1) is 5.92 Å². The fraction of sp³-hybridized carbons (Fsp3) is 1.00. The lowest BCUT2D eigenvalue weighted by atomic mass is 10.0. The molecule has 0 aliphatic carbocycles. The summed E-state index contributed by atoms with van der Waals surface area (Å²) in [7, 11) is 3.70. The van der Waals surface area contributed by atoms with Crippen molar-refractivity contribution >= 4 is 21.6 Å². The molecule has 15 heavy (non-hydrogen) atoms. The molecule has 0 spiro atoms. The highest BCUT2D eigenvalue weighted by Crippen LogP contribution is 2.24. The van der Waals surface area contributed by atoms with E-state index in [-0.39, 0.29) is 0 Å². The summed E-state index contributed by atoms with van der Waals surface area (Å²) in [6.45, 7) is 4.94. The average molecular weight is 250 g/mol. The highest BCUT2D eigenvalue weighted by molar-refractivity contribution is 8.76. The number of unbranched alkanes of at least 4 members (excludes halogenated alkanes) is 3. The summed E-state index contributed by atoms with van der Waals surface area (Å²) in [4.78, 5) is 0. The van der Waals surface area contributed by atoms with Crippen LogP contribution in [0.3, 0.4) is 0 Å². The standard InChI is InChI=1S/C12H26OS2/c1-3-4-5-6-7-12(2)8-10-14-15-11-9-13/h12-13H,3-11H2,1-2H3. The van der Waals surface area contributed by atoms with Gasteiger partial charge in [0.05, 0.1) is 6.61 Å². The third kappa shape index (κ3) is 12.6. The van der Waals surface area contributed by atoms with E-state index in [9.17, 15) is 0 Å². The zero-order valence-corrected chi connectivity index (χ0v) is 11.8. The predicted molar refractivity (Wildman–Crippen MR) is 74.5 cm³/mol. The Morgan fingerprint density at radius 1 is 1.00 bits per heavy atom. The van der Waals surface area contributed by atoms with Gasteiger partial charge in [-0.3, -0.25) is 0 Å². The van der Waals surface area contributed by atoms with Gasteiger partial charge in [0, 0.05) is 11.5 Å². The molecule has 0 aliphatic rings. The molecule has 0 aliphatic heterocycles. The van der Waals surface area contributed by atoms with Gasteiger partial charge in [0.2, 0.25) is 0 Å². The number of aliphatic hydroxyl groups excluding tert-OH is 1.